The van der Waals surface area contributed by atoms with E-state index in [1.165, 1.54) is 6.07 Å². The van der Waals surface area contributed by atoms with E-state index in [4.69, 9.17) is 0 Å². The molecule has 0 aromatic heterocycles. The minimum Gasteiger partial charge on any atom is -0.338 e. The lowest BCUT2D eigenvalue weighted by molar-refractivity contribution is -0.131. The van der Waals surface area contributed by atoms with E-state index in [0.29, 0.717) is 24.4 Å². The normalized spacial score (nSPS) is 19.3. The van der Waals surface area contributed by atoms with Crippen molar-refractivity contribution in [2.75, 3.05) is 20.1 Å². The molecule has 1 aromatic carbocycles. The zero-order chi connectivity index (χ0) is 16.5. The number of hydrogen-bond acceptors (Lipinski definition) is 2. The Kier molecular flexibility index (Phi) is 4.90. The smallest absolute Gasteiger partial charge is 0.223 e. The van der Waals surface area contributed by atoms with E-state index in [1.807, 2.05) is 24.9 Å². The molecule has 1 aliphatic heterocycles. The Morgan fingerprint density at radius 2 is 2.05 bits per heavy atom. The summed E-state index contributed by atoms with van der Waals surface area (Å²) in [6, 6.07) is 5.22. The van der Waals surface area contributed by atoms with Gasteiger partial charge in [0.05, 0.1) is 0 Å². The summed E-state index contributed by atoms with van der Waals surface area (Å²) in [5, 5.41) is 0. The van der Waals surface area contributed by atoms with Crippen LogP contribution in [0.4, 0.5) is 4.39 Å². The zero-order valence-electron chi connectivity index (χ0n) is 14.3. The fourth-order valence-electron chi connectivity index (χ4n) is 3.17. The largest absolute Gasteiger partial charge is 0.338 e. The van der Waals surface area contributed by atoms with Gasteiger partial charge in [0.2, 0.25) is 5.91 Å². The van der Waals surface area contributed by atoms with Crippen molar-refractivity contribution in [2.45, 2.75) is 46.2 Å². The molecule has 0 unspecified atom stereocenters. The van der Waals surface area contributed by atoms with Gasteiger partial charge in [0.25, 0.3) is 0 Å². The first-order valence-corrected chi connectivity index (χ1v) is 7.91. The van der Waals surface area contributed by atoms with E-state index >= 15 is 0 Å². The van der Waals surface area contributed by atoms with Crippen molar-refractivity contribution in [2.24, 2.45) is 5.92 Å². The van der Waals surface area contributed by atoms with Crippen molar-refractivity contribution in [3.05, 3.63) is 35.1 Å². The highest BCUT2D eigenvalue weighted by molar-refractivity contribution is 5.79. The molecule has 0 saturated carbocycles. The zero-order valence-corrected chi connectivity index (χ0v) is 14.3. The molecule has 0 spiro atoms. The fraction of sp³-hybridized carbons (Fsp3) is 0.611. The highest BCUT2D eigenvalue weighted by Gasteiger charge is 2.36. The molecule has 4 heteroatoms. The highest BCUT2D eigenvalue weighted by atomic mass is 19.1. The van der Waals surface area contributed by atoms with Crippen LogP contribution in [0.2, 0.25) is 0 Å². The maximum absolute atomic E-state index is 13.6. The monoisotopic (exact) mass is 306 g/mol. The van der Waals surface area contributed by atoms with E-state index in [2.05, 4.69) is 25.7 Å². The number of benzene rings is 1. The molecule has 1 aromatic rings. The van der Waals surface area contributed by atoms with Crippen molar-refractivity contribution in [3.8, 4) is 0 Å². The second kappa shape index (κ2) is 6.37. The Bertz CT molecular complexity index is 551. The summed E-state index contributed by atoms with van der Waals surface area (Å²) < 4.78 is 13.6. The number of nitrogens with zero attached hydrogens (tertiary/aromatic N) is 2. The average Bonchev–Trinajstić information content (AvgIpc) is 2.75. The summed E-state index contributed by atoms with van der Waals surface area (Å²) in [4.78, 5) is 16.3. The minimum absolute atomic E-state index is 0.108. The molecule has 22 heavy (non-hydrogen) atoms. The van der Waals surface area contributed by atoms with E-state index in [1.54, 1.807) is 6.07 Å². The topological polar surface area (TPSA) is 23.6 Å². The van der Waals surface area contributed by atoms with Gasteiger partial charge in [-0.05, 0) is 57.9 Å². The molecule has 1 saturated heterocycles. The van der Waals surface area contributed by atoms with Gasteiger partial charge < -0.3 is 9.80 Å². The molecule has 1 amide bonds. The van der Waals surface area contributed by atoms with Crippen molar-refractivity contribution < 1.29 is 9.18 Å². The SMILES string of the molecule is Cc1c(F)cccc1CN(C)C[C@H]1CC(=O)N(C(C)(C)C)C1. The number of carbonyl (C=O) groups is 1. The van der Waals surface area contributed by atoms with Crippen LogP contribution in [-0.2, 0) is 11.3 Å². The first-order valence-electron chi connectivity index (χ1n) is 7.91. The van der Waals surface area contributed by atoms with Crippen LogP contribution in [0.25, 0.3) is 0 Å². The summed E-state index contributed by atoms with van der Waals surface area (Å²) in [6.45, 7) is 10.4. The number of rotatable bonds is 4. The minimum atomic E-state index is -0.152. The molecule has 0 radical (unpaired) electrons. The predicted molar refractivity (Wildman–Crippen MR) is 87.0 cm³/mol. The second-order valence-electron chi connectivity index (χ2n) is 7.47. The van der Waals surface area contributed by atoms with Gasteiger partial charge in [0.1, 0.15) is 5.82 Å². The van der Waals surface area contributed by atoms with Gasteiger partial charge >= 0.3 is 0 Å². The number of likely N-dealkylation sites (tertiary alicyclic amines) is 1. The van der Waals surface area contributed by atoms with Crippen LogP contribution in [0.1, 0.15) is 38.3 Å². The third-order valence-electron chi connectivity index (χ3n) is 4.40. The second-order valence-corrected chi connectivity index (χ2v) is 7.47. The molecular formula is C18H27FN2O. The molecule has 1 heterocycles. The molecule has 1 atom stereocenters. The first-order chi connectivity index (χ1) is 10.2. The number of halogens is 1. The quantitative estimate of drug-likeness (QED) is 0.853. The molecule has 0 N–H and O–H groups in total. The van der Waals surface area contributed by atoms with Crippen LogP contribution < -0.4 is 0 Å². The lowest BCUT2D eigenvalue weighted by Crippen LogP contribution is -2.42. The van der Waals surface area contributed by atoms with Crippen LogP contribution in [0.3, 0.4) is 0 Å². The van der Waals surface area contributed by atoms with Crippen LogP contribution in [0, 0.1) is 18.7 Å². The lowest BCUT2D eigenvalue weighted by atomic mass is 10.1. The number of amides is 1. The Balaban J connectivity index is 1.95. The van der Waals surface area contributed by atoms with Crippen LogP contribution in [0.15, 0.2) is 18.2 Å². The summed E-state index contributed by atoms with van der Waals surface area (Å²) in [7, 11) is 2.04. The maximum Gasteiger partial charge on any atom is 0.223 e. The molecule has 3 nitrogen and oxygen atoms in total. The Labute approximate surface area is 133 Å². The Hall–Kier alpha value is -1.42. The summed E-state index contributed by atoms with van der Waals surface area (Å²) in [6.07, 6.45) is 0.615. The van der Waals surface area contributed by atoms with Gasteiger partial charge in [0, 0.05) is 31.6 Å². The molecular weight excluding hydrogens is 279 g/mol. The van der Waals surface area contributed by atoms with Gasteiger partial charge in [0.15, 0.2) is 0 Å². The van der Waals surface area contributed by atoms with Gasteiger partial charge in [-0.2, -0.15) is 0 Å². The Morgan fingerprint density at radius 1 is 1.36 bits per heavy atom. The molecule has 2 rings (SSSR count). The number of carbonyl (C=O) groups excluding carboxylic acids is 1. The van der Waals surface area contributed by atoms with Crippen LogP contribution in [-0.4, -0.2) is 41.4 Å². The predicted octanol–water partition coefficient (Wildman–Crippen LogP) is 3.21. The lowest BCUT2D eigenvalue weighted by Gasteiger charge is -2.32. The summed E-state index contributed by atoms with van der Waals surface area (Å²) in [5.41, 5.74) is 1.62. The van der Waals surface area contributed by atoms with E-state index in [0.717, 1.165) is 18.7 Å². The third-order valence-corrected chi connectivity index (χ3v) is 4.40. The molecule has 122 valence electrons. The standard InChI is InChI=1S/C18H27FN2O/c1-13-15(7-6-8-16(13)19)12-20(5)10-14-9-17(22)21(11-14)18(2,3)4/h6-8,14H,9-12H2,1-5H3/t14-/m1/s1. The van der Waals surface area contributed by atoms with Gasteiger partial charge in [-0.3, -0.25) is 4.79 Å². The molecule has 1 aliphatic rings. The molecule has 1 fully saturated rings. The maximum atomic E-state index is 13.6. The van der Waals surface area contributed by atoms with Crippen molar-refractivity contribution >= 4 is 5.91 Å². The number of hydrogen-bond donors (Lipinski definition) is 0. The average molecular weight is 306 g/mol. The van der Waals surface area contributed by atoms with Crippen LogP contribution in [0.5, 0.6) is 0 Å². The molecule has 0 aliphatic carbocycles. The van der Waals surface area contributed by atoms with Gasteiger partial charge in [-0.1, -0.05) is 12.1 Å². The van der Waals surface area contributed by atoms with E-state index in [9.17, 15) is 9.18 Å². The van der Waals surface area contributed by atoms with E-state index in [-0.39, 0.29) is 17.3 Å². The third kappa shape index (κ3) is 3.86. The van der Waals surface area contributed by atoms with E-state index < -0.39 is 0 Å². The van der Waals surface area contributed by atoms with Crippen molar-refractivity contribution in [1.29, 1.82) is 0 Å². The van der Waals surface area contributed by atoms with Gasteiger partial charge in [-0.25, -0.2) is 4.39 Å². The summed E-state index contributed by atoms with van der Waals surface area (Å²) >= 11 is 0. The molecule has 0 bridgehead atoms. The first kappa shape index (κ1) is 16.9. The van der Waals surface area contributed by atoms with Gasteiger partial charge in [-0.15, -0.1) is 0 Å². The highest BCUT2D eigenvalue weighted by Crippen LogP contribution is 2.26. The van der Waals surface area contributed by atoms with Crippen molar-refractivity contribution in [1.82, 2.24) is 9.80 Å². The Morgan fingerprint density at radius 3 is 2.64 bits per heavy atom. The van der Waals surface area contributed by atoms with Crippen molar-refractivity contribution in [3.63, 3.8) is 0 Å². The van der Waals surface area contributed by atoms with Crippen LogP contribution >= 0.6 is 0 Å². The fourth-order valence-corrected chi connectivity index (χ4v) is 3.17. The summed E-state index contributed by atoms with van der Waals surface area (Å²) in [5.74, 6) is 0.444.